The normalized spacial score (nSPS) is 10.9. The van der Waals surface area contributed by atoms with E-state index in [-0.39, 0.29) is 23.8 Å². The maximum atomic E-state index is 11.7. The van der Waals surface area contributed by atoms with Crippen molar-refractivity contribution < 1.29 is 18.7 Å². The molecule has 0 aliphatic carbocycles. The number of hydrogen-bond donors (Lipinski definition) is 2. The number of thioether (sulfide) groups is 1. The number of oxazole rings is 1. The minimum Gasteiger partial charge on any atom is -0.462 e. The Bertz CT molecular complexity index is 776. The number of benzene rings is 1. The third-order valence-corrected chi connectivity index (χ3v) is 3.47. The summed E-state index contributed by atoms with van der Waals surface area (Å²) in [7, 11) is 0. The van der Waals surface area contributed by atoms with Gasteiger partial charge in [-0.1, -0.05) is 23.9 Å². The zero-order valence-corrected chi connectivity index (χ0v) is 13.6. The van der Waals surface area contributed by atoms with Gasteiger partial charge in [0.1, 0.15) is 11.6 Å². The maximum absolute atomic E-state index is 11.7. The zero-order valence-electron chi connectivity index (χ0n) is 12.7. The van der Waals surface area contributed by atoms with Crippen LogP contribution in [0.2, 0.25) is 0 Å². The first-order valence-corrected chi connectivity index (χ1v) is 7.92. The van der Waals surface area contributed by atoms with E-state index in [0.717, 1.165) is 23.5 Å². The third kappa shape index (κ3) is 4.76. The molecule has 0 unspecified atom stereocenters. The topological polar surface area (TPSA) is 117 Å². The molecule has 9 heteroatoms. The summed E-state index contributed by atoms with van der Waals surface area (Å²) in [6.07, 6.45) is 1.07. The van der Waals surface area contributed by atoms with Gasteiger partial charge >= 0.3 is 5.97 Å². The Hall–Kier alpha value is -2.99. The second-order valence-corrected chi connectivity index (χ2v) is 5.25. The van der Waals surface area contributed by atoms with Gasteiger partial charge in [-0.3, -0.25) is 10.2 Å². The van der Waals surface area contributed by atoms with E-state index in [9.17, 15) is 9.59 Å². The number of rotatable bonds is 7. The van der Waals surface area contributed by atoms with E-state index in [1.807, 2.05) is 18.2 Å². The average molecular weight is 346 g/mol. The van der Waals surface area contributed by atoms with Crippen LogP contribution in [0.4, 0.5) is 0 Å². The van der Waals surface area contributed by atoms with Crippen molar-refractivity contribution in [3.05, 3.63) is 36.0 Å². The fraction of sp³-hybridized carbons (Fsp3) is 0.200. The Morgan fingerprint density at radius 1 is 1.46 bits per heavy atom. The molecule has 0 spiro atoms. The fourth-order valence-electron chi connectivity index (χ4n) is 1.61. The van der Waals surface area contributed by atoms with Crippen molar-refractivity contribution >= 4 is 34.7 Å². The van der Waals surface area contributed by atoms with E-state index in [1.165, 1.54) is 0 Å². The number of fused-ring (bicyclic) bond motifs is 1. The number of aromatic nitrogens is 1. The third-order valence-electron chi connectivity index (χ3n) is 2.64. The second kappa shape index (κ2) is 8.59. The van der Waals surface area contributed by atoms with Crippen molar-refractivity contribution in [2.24, 2.45) is 0 Å². The summed E-state index contributed by atoms with van der Waals surface area (Å²) in [5.74, 6) is -1.09. The van der Waals surface area contributed by atoms with Gasteiger partial charge in [0.15, 0.2) is 11.2 Å². The highest BCUT2D eigenvalue weighted by atomic mass is 32.2. The number of nitrogens with one attached hydrogen (secondary N) is 2. The summed E-state index contributed by atoms with van der Waals surface area (Å²) in [4.78, 5) is 27.3. The van der Waals surface area contributed by atoms with Gasteiger partial charge < -0.3 is 14.6 Å². The van der Waals surface area contributed by atoms with Crippen LogP contribution < -0.4 is 10.9 Å². The number of amides is 1. The molecule has 8 nitrogen and oxygen atoms in total. The van der Waals surface area contributed by atoms with Gasteiger partial charge in [-0.15, -0.1) is 0 Å². The molecule has 0 fully saturated rings. The Labute approximate surface area is 141 Å². The smallest absolute Gasteiger partial charge is 0.350 e. The number of nitriles is 1. The van der Waals surface area contributed by atoms with Crippen molar-refractivity contribution in [1.82, 2.24) is 15.8 Å². The first-order chi connectivity index (χ1) is 11.6. The minimum absolute atomic E-state index is 0.0506. The molecular weight excluding hydrogens is 332 g/mol. The number of hydrogen-bond acceptors (Lipinski definition) is 8. The monoisotopic (exact) mass is 346 g/mol. The summed E-state index contributed by atoms with van der Waals surface area (Å²) in [6, 6.07) is 8.96. The largest absolute Gasteiger partial charge is 0.462 e. The van der Waals surface area contributed by atoms with Crippen LogP contribution in [0.1, 0.15) is 6.92 Å². The van der Waals surface area contributed by atoms with Crippen molar-refractivity contribution in [3.63, 3.8) is 0 Å². The highest BCUT2D eigenvalue weighted by molar-refractivity contribution is 7.99. The van der Waals surface area contributed by atoms with Gasteiger partial charge in [0.25, 0.3) is 5.22 Å². The molecule has 2 N–H and O–H groups in total. The molecule has 1 heterocycles. The van der Waals surface area contributed by atoms with Crippen LogP contribution in [-0.4, -0.2) is 29.2 Å². The van der Waals surface area contributed by atoms with Crippen molar-refractivity contribution in [2.75, 3.05) is 12.4 Å². The fourth-order valence-corrected chi connectivity index (χ4v) is 2.25. The summed E-state index contributed by atoms with van der Waals surface area (Å²) >= 11 is 1.13. The van der Waals surface area contributed by atoms with Crippen molar-refractivity contribution in [2.45, 2.75) is 12.1 Å². The lowest BCUT2D eigenvalue weighted by Crippen LogP contribution is -2.35. The molecule has 24 heavy (non-hydrogen) atoms. The number of esters is 1. The highest BCUT2D eigenvalue weighted by Gasteiger charge is 2.10. The molecule has 0 aliphatic rings. The van der Waals surface area contributed by atoms with E-state index in [4.69, 9.17) is 9.68 Å². The number of hydrazine groups is 1. The number of carbonyl (C=O) groups excluding carboxylic acids is 2. The molecule has 0 radical (unpaired) electrons. The molecule has 1 aromatic carbocycles. The van der Waals surface area contributed by atoms with Crippen LogP contribution in [-0.2, 0) is 14.3 Å². The Morgan fingerprint density at radius 3 is 2.96 bits per heavy atom. The van der Waals surface area contributed by atoms with E-state index in [2.05, 4.69) is 20.6 Å². The average Bonchev–Trinajstić information content (AvgIpc) is 3.00. The highest BCUT2D eigenvalue weighted by Crippen LogP contribution is 2.22. The molecular formula is C15H14N4O4S. The summed E-state index contributed by atoms with van der Waals surface area (Å²) in [5.41, 5.74) is 5.84. The number of para-hydroxylation sites is 2. The van der Waals surface area contributed by atoms with Gasteiger partial charge in [-0.05, 0) is 19.1 Å². The minimum atomic E-state index is -0.761. The lowest BCUT2D eigenvalue weighted by molar-refractivity contribution is -0.138. The molecule has 0 saturated carbocycles. The van der Waals surface area contributed by atoms with E-state index in [0.29, 0.717) is 10.8 Å². The van der Waals surface area contributed by atoms with Gasteiger partial charge in [-0.2, -0.15) is 5.26 Å². The Morgan fingerprint density at radius 2 is 2.25 bits per heavy atom. The van der Waals surface area contributed by atoms with E-state index < -0.39 is 5.97 Å². The summed E-state index contributed by atoms with van der Waals surface area (Å²) < 4.78 is 10.2. The van der Waals surface area contributed by atoms with Crippen molar-refractivity contribution in [1.29, 1.82) is 5.26 Å². The molecule has 0 aliphatic heterocycles. The lowest BCUT2D eigenvalue weighted by Gasteiger charge is -2.04. The Balaban J connectivity index is 1.81. The van der Waals surface area contributed by atoms with Crippen LogP contribution in [0.3, 0.4) is 0 Å². The first kappa shape index (κ1) is 17.4. The second-order valence-electron chi connectivity index (χ2n) is 4.32. The van der Waals surface area contributed by atoms with E-state index >= 15 is 0 Å². The molecule has 124 valence electrons. The Kier molecular flexibility index (Phi) is 6.22. The van der Waals surface area contributed by atoms with Gasteiger partial charge in [0.05, 0.1) is 12.4 Å². The van der Waals surface area contributed by atoms with E-state index in [1.54, 1.807) is 19.1 Å². The van der Waals surface area contributed by atoms with Gasteiger partial charge in [-0.25, -0.2) is 9.78 Å². The van der Waals surface area contributed by atoms with Crippen LogP contribution in [0.25, 0.3) is 11.1 Å². The number of carbonyl (C=O) groups is 2. The van der Waals surface area contributed by atoms with Crippen LogP contribution in [0.15, 0.2) is 45.7 Å². The molecule has 0 atom stereocenters. The quantitative estimate of drug-likeness (QED) is 0.255. The molecule has 0 saturated heterocycles. The first-order valence-electron chi connectivity index (χ1n) is 6.94. The maximum Gasteiger partial charge on any atom is 0.350 e. The van der Waals surface area contributed by atoms with Crippen LogP contribution >= 0.6 is 11.8 Å². The lowest BCUT2D eigenvalue weighted by atomic mass is 10.3. The molecule has 0 bridgehead atoms. The standard InChI is InChI=1S/C15H14N4O4S/c1-2-22-14(21)10(7-16)8-17-19-13(20)9-24-15-18-11-5-3-4-6-12(11)23-15/h3-6,8,17H,2,9H2,1H3,(H,19,20)/b10-8+. The SMILES string of the molecule is CCOC(=O)/C(C#N)=C/NNC(=O)CSc1nc2ccccc2o1. The van der Waals surface area contributed by atoms with Crippen LogP contribution in [0, 0.1) is 11.3 Å². The molecule has 1 aromatic heterocycles. The molecule has 1 amide bonds. The van der Waals surface area contributed by atoms with Gasteiger partial charge in [0, 0.05) is 6.20 Å². The molecule has 2 rings (SSSR count). The number of nitrogens with zero attached hydrogens (tertiary/aromatic N) is 2. The number of ether oxygens (including phenoxy) is 1. The zero-order chi connectivity index (χ0) is 17.4. The van der Waals surface area contributed by atoms with Crippen molar-refractivity contribution in [3.8, 4) is 6.07 Å². The predicted octanol–water partition coefficient (Wildman–Crippen LogP) is 1.51. The summed E-state index contributed by atoms with van der Waals surface area (Å²) in [6.45, 7) is 1.79. The predicted molar refractivity (Wildman–Crippen MR) is 86.3 cm³/mol. The van der Waals surface area contributed by atoms with Gasteiger partial charge in [0.2, 0.25) is 5.91 Å². The van der Waals surface area contributed by atoms with Crippen LogP contribution in [0.5, 0.6) is 0 Å². The molecule has 2 aromatic rings. The summed E-state index contributed by atoms with van der Waals surface area (Å²) in [5, 5.41) is 9.19.